The van der Waals surface area contributed by atoms with Crippen LogP contribution in [0.15, 0.2) is 22.7 Å². The normalized spacial score (nSPS) is 15.1. The van der Waals surface area contributed by atoms with Crippen LogP contribution in [-0.2, 0) is 4.74 Å². The zero-order chi connectivity index (χ0) is 25.7. The molecule has 0 bridgehead atoms. The maximum atomic E-state index is 10.1. The highest BCUT2D eigenvalue weighted by molar-refractivity contribution is 5.75. The average Bonchev–Trinajstić information content (AvgIpc) is 3.22. The molecule has 1 aromatic carbocycles. The summed E-state index contributed by atoms with van der Waals surface area (Å²) in [5.41, 5.74) is 5.03. The molecule has 1 aliphatic rings. The minimum atomic E-state index is -0.617. The molecule has 2 aromatic heterocycles. The number of rotatable bonds is 10. The zero-order valence-corrected chi connectivity index (χ0v) is 21.6. The molecule has 1 fully saturated rings. The Morgan fingerprint density at radius 2 is 1.89 bits per heavy atom. The van der Waals surface area contributed by atoms with Gasteiger partial charge in [-0.3, -0.25) is 0 Å². The fraction of sp³-hybridized carbons (Fsp3) is 0.500. The van der Waals surface area contributed by atoms with Crippen LogP contribution in [0.3, 0.4) is 0 Å². The van der Waals surface area contributed by atoms with Crippen LogP contribution >= 0.6 is 0 Å². The highest BCUT2D eigenvalue weighted by atomic mass is 16.5. The Kier molecular flexibility index (Phi) is 8.40. The molecule has 1 atom stereocenters. The van der Waals surface area contributed by atoms with Crippen LogP contribution in [0, 0.1) is 20.8 Å². The van der Waals surface area contributed by atoms with Crippen LogP contribution in [0.4, 0.5) is 11.5 Å². The minimum Gasteiger partial charge on any atom is -0.491 e. The average molecular weight is 497 g/mol. The first kappa shape index (κ1) is 25.9. The van der Waals surface area contributed by atoms with E-state index in [1.54, 1.807) is 7.05 Å². The Bertz CT molecular complexity index is 1160. The molecule has 4 rings (SSSR count). The molecule has 10 heteroatoms. The number of aliphatic hydroxyl groups is 1. The fourth-order valence-electron chi connectivity index (χ4n) is 4.33. The first-order valence-electron chi connectivity index (χ1n) is 12.3. The standard InChI is InChI=1S/C26H36N6O4/c1-15-24(23-16(2)32-36-17(23)3)30-26(31-25(15)29-19-6-8-34-9-7-19)18-10-20(28-5)12-22(11-18)35-14-21(33)13-27-4/h10-12,19,21,27-28,33H,6-9,13-14H2,1-5H3,(H,29,30,31). The van der Waals surface area contributed by atoms with Gasteiger partial charge in [-0.25, -0.2) is 9.97 Å². The maximum absolute atomic E-state index is 10.1. The second-order valence-corrected chi connectivity index (χ2v) is 9.12. The number of aliphatic hydroxyl groups excluding tert-OH is 1. The summed E-state index contributed by atoms with van der Waals surface area (Å²) in [6.07, 6.45) is 1.22. The summed E-state index contributed by atoms with van der Waals surface area (Å²) < 4.78 is 16.9. The van der Waals surface area contributed by atoms with E-state index in [9.17, 15) is 5.11 Å². The van der Waals surface area contributed by atoms with E-state index in [0.717, 1.165) is 65.6 Å². The van der Waals surface area contributed by atoms with Gasteiger partial charge in [0.25, 0.3) is 0 Å². The van der Waals surface area contributed by atoms with Crippen LogP contribution < -0.4 is 20.7 Å². The molecule has 0 aliphatic carbocycles. The number of hydrogen-bond acceptors (Lipinski definition) is 10. The molecule has 0 spiro atoms. The van der Waals surface area contributed by atoms with Gasteiger partial charge < -0.3 is 35.1 Å². The monoisotopic (exact) mass is 496 g/mol. The van der Waals surface area contributed by atoms with Gasteiger partial charge in [0.2, 0.25) is 0 Å². The number of benzene rings is 1. The molecule has 3 heterocycles. The van der Waals surface area contributed by atoms with Crippen molar-refractivity contribution in [2.24, 2.45) is 0 Å². The van der Waals surface area contributed by atoms with Crippen LogP contribution in [-0.4, -0.2) is 72.8 Å². The molecule has 0 amide bonds. The molecule has 1 saturated heterocycles. The SMILES string of the molecule is CNCC(O)COc1cc(NC)cc(-c2nc(NC3CCOCC3)c(C)c(-c3c(C)noc3C)n2)c1. The number of likely N-dealkylation sites (N-methyl/N-ethyl adjacent to an activating group) is 1. The first-order chi connectivity index (χ1) is 17.4. The predicted molar refractivity (Wildman–Crippen MR) is 140 cm³/mol. The lowest BCUT2D eigenvalue weighted by Gasteiger charge is -2.25. The number of nitrogens with one attached hydrogen (secondary N) is 3. The lowest BCUT2D eigenvalue weighted by atomic mass is 10.0. The van der Waals surface area contributed by atoms with E-state index in [-0.39, 0.29) is 12.6 Å². The maximum Gasteiger partial charge on any atom is 0.162 e. The zero-order valence-electron chi connectivity index (χ0n) is 21.6. The van der Waals surface area contributed by atoms with E-state index >= 15 is 0 Å². The molecule has 36 heavy (non-hydrogen) atoms. The topological polar surface area (TPSA) is 127 Å². The summed E-state index contributed by atoms with van der Waals surface area (Å²) >= 11 is 0. The number of hydrogen-bond donors (Lipinski definition) is 4. The van der Waals surface area contributed by atoms with Crippen LogP contribution in [0.2, 0.25) is 0 Å². The largest absolute Gasteiger partial charge is 0.491 e. The van der Waals surface area contributed by atoms with E-state index in [1.807, 2.05) is 46.0 Å². The van der Waals surface area contributed by atoms with Crippen molar-refractivity contribution in [3.63, 3.8) is 0 Å². The number of ether oxygens (including phenoxy) is 2. The third-order valence-electron chi connectivity index (χ3n) is 6.31. The predicted octanol–water partition coefficient (Wildman–Crippen LogP) is 3.32. The molecule has 194 valence electrons. The van der Waals surface area contributed by atoms with Crippen LogP contribution in [0.5, 0.6) is 5.75 Å². The van der Waals surface area contributed by atoms with Gasteiger partial charge in [0, 0.05) is 55.7 Å². The fourth-order valence-corrected chi connectivity index (χ4v) is 4.33. The summed E-state index contributed by atoms with van der Waals surface area (Å²) in [6, 6.07) is 6.04. The highest BCUT2D eigenvalue weighted by Crippen LogP contribution is 2.35. The molecule has 3 aromatic rings. The Labute approximate surface area is 211 Å². The van der Waals surface area contributed by atoms with Crippen molar-refractivity contribution < 1.29 is 19.1 Å². The van der Waals surface area contributed by atoms with Crippen molar-refractivity contribution >= 4 is 11.5 Å². The molecular weight excluding hydrogens is 460 g/mol. The summed E-state index contributed by atoms with van der Waals surface area (Å²) in [5, 5.41) is 24.0. The Hall–Kier alpha value is -3.21. The highest BCUT2D eigenvalue weighted by Gasteiger charge is 2.23. The Balaban J connectivity index is 1.77. The van der Waals surface area contributed by atoms with Gasteiger partial charge in [-0.05, 0) is 52.8 Å². The molecule has 0 saturated carbocycles. The number of nitrogens with zero attached hydrogens (tertiary/aromatic N) is 3. The van der Waals surface area contributed by atoms with Gasteiger partial charge in [-0.15, -0.1) is 0 Å². The third-order valence-corrected chi connectivity index (χ3v) is 6.31. The first-order valence-corrected chi connectivity index (χ1v) is 12.3. The lowest BCUT2D eigenvalue weighted by molar-refractivity contribution is 0.0904. The molecule has 4 N–H and O–H groups in total. The van der Waals surface area contributed by atoms with Gasteiger partial charge in [-0.1, -0.05) is 5.16 Å². The molecule has 10 nitrogen and oxygen atoms in total. The smallest absolute Gasteiger partial charge is 0.162 e. The minimum absolute atomic E-state index is 0.170. The van der Waals surface area contributed by atoms with Crippen molar-refractivity contribution in [1.82, 2.24) is 20.4 Å². The molecule has 0 radical (unpaired) electrons. The van der Waals surface area contributed by atoms with E-state index in [4.69, 9.17) is 24.0 Å². The van der Waals surface area contributed by atoms with Crippen molar-refractivity contribution in [1.29, 1.82) is 0 Å². The summed E-state index contributed by atoms with van der Waals surface area (Å²) in [5.74, 6) is 2.67. The lowest BCUT2D eigenvalue weighted by Crippen LogP contribution is -2.29. The van der Waals surface area contributed by atoms with Crippen molar-refractivity contribution in [2.45, 2.75) is 45.8 Å². The molecule has 1 aliphatic heterocycles. The van der Waals surface area contributed by atoms with E-state index in [2.05, 4.69) is 21.1 Å². The summed E-state index contributed by atoms with van der Waals surface area (Å²) in [4.78, 5) is 9.93. The van der Waals surface area contributed by atoms with Crippen molar-refractivity contribution in [2.75, 3.05) is 51.1 Å². The van der Waals surface area contributed by atoms with Crippen molar-refractivity contribution in [3.05, 3.63) is 35.2 Å². The van der Waals surface area contributed by atoms with Crippen LogP contribution in [0.1, 0.15) is 29.9 Å². The number of anilines is 2. The van der Waals surface area contributed by atoms with E-state index in [1.165, 1.54) is 0 Å². The van der Waals surface area contributed by atoms with E-state index in [0.29, 0.717) is 23.9 Å². The Morgan fingerprint density at radius 1 is 1.11 bits per heavy atom. The van der Waals surface area contributed by atoms with Gasteiger partial charge in [0.15, 0.2) is 5.82 Å². The number of aryl methyl sites for hydroxylation is 2. The summed E-state index contributed by atoms with van der Waals surface area (Å²) in [6.45, 7) is 7.92. The Morgan fingerprint density at radius 3 is 2.56 bits per heavy atom. The van der Waals surface area contributed by atoms with Gasteiger partial charge >= 0.3 is 0 Å². The van der Waals surface area contributed by atoms with Crippen LogP contribution in [0.25, 0.3) is 22.6 Å². The molecular formula is C26H36N6O4. The third kappa shape index (κ3) is 5.95. The van der Waals surface area contributed by atoms with Gasteiger partial charge in [0.05, 0.1) is 17.0 Å². The van der Waals surface area contributed by atoms with Crippen molar-refractivity contribution in [3.8, 4) is 28.4 Å². The van der Waals surface area contributed by atoms with Gasteiger partial charge in [-0.2, -0.15) is 0 Å². The second-order valence-electron chi connectivity index (χ2n) is 9.12. The quantitative estimate of drug-likeness (QED) is 0.332. The van der Waals surface area contributed by atoms with Gasteiger partial charge in [0.1, 0.15) is 30.0 Å². The second kappa shape index (κ2) is 11.7. The number of aromatic nitrogens is 3. The molecule has 1 unspecified atom stereocenters. The summed E-state index contributed by atoms with van der Waals surface area (Å²) in [7, 11) is 3.64. The van der Waals surface area contributed by atoms with E-state index < -0.39 is 6.10 Å².